The molecule has 120 valence electrons. The maximum Gasteiger partial charge on any atom is 0.325 e. The highest BCUT2D eigenvalue weighted by Crippen LogP contribution is 2.13. The Balaban J connectivity index is 3.66. The summed E-state index contributed by atoms with van der Waals surface area (Å²) in [5.74, 6) is -0.326. The molecule has 0 aromatic rings. The second-order valence-electron chi connectivity index (χ2n) is 5.77. The molecule has 0 aliphatic heterocycles. The molecule has 20 heavy (non-hydrogen) atoms. The Bertz CT molecular complexity index is 254. The van der Waals surface area contributed by atoms with E-state index in [1.807, 2.05) is 0 Å². The van der Waals surface area contributed by atoms with Crippen LogP contribution < -0.4 is 5.73 Å². The maximum absolute atomic E-state index is 11.6. The molecular formula is C16H33NO3. The van der Waals surface area contributed by atoms with Gasteiger partial charge in [-0.2, -0.15) is 0 Å². The summed E-state index contributed by atoms with van der Waals surface area (Å²) in [5, 5.41) is 0. The Morgan fingerprint density at radius 1 is 1.20 bits per heavy atom. The zero-order chi connectivity index (χ0) is 15.4. The number of unbranched alkanes of at least 4 members (excludes halogenated alkanes) is 3. The third-order valence-corrected chi connectivity index (χ3v) is 3.45. The summed E-state index contributed by atoms with van der Waals surface area (Å²) in [7, 11) is 0. The van der Waals surface area contributed by atoms with E-state index in [-0.39, 0.29) is 5.97 Å². The van der Waals surface area contributed by atoms with Gasteiger partial charge in [0.15, 0.2) is 0 Å². The highest BCUT2D eigenvalue weighted by molar-refractivity contribution is 5.79. The van der Waals surface area contributed by atoms with Crippen LogP contribution in [0.4, 0.5) is 0 Å². The first-order valence-corrected chi connectivity index (χ1v) is 8.01. The number of carbonyl (C=O) groups excluding carboxylic acids is 1. The van der Waals surface area contributed by atoms with Crippen LogP contribution in [0.5, 0.6) is 0 Å². The Labute approximate surface area is 124 Å². The first kappa shape index (κ1) is 19.4. The number of nitrogens with two attached hydrogens (primary N) is 1. The molecule has 0 aromatic heterocycles. The van der Waals surface area contributed by atoms with Gasteiger partial charge >= 0.3 is 5.97 Å². The molecule has 0 rings (SSSR count). The van der Waals surface area contributed by atoms with Crippen LogP contribution >= 0.6 is 0 Å². The summed E-state index contributed by atoms with van der Waals surface area (Å²) >= 11 is 0. The number of ether oxygens (including phenoxy) is 2. The molecule has 2 N–H and O–H groups in total. The van der Waals surface area contributed by atoms with Crippen LogP contribution in [-0.4, -0.2) is 30.8 Å². The van der Waals surface area contributed by atoms with Crippen LogP contribution in [0.2, 0.25) is 0 Å². The minimum atomic E-state index is -0.899. The summed E-state index contributed by atoms with van der Waals surface area (Å²) in [6.07, 6.45) is 7.85. The van der Waals surface area contributed by atoms with Gasteiger partial charge in [-0.3, -0.25) is 4.79 Å². The molecule has 0 fully saturated rings. The van der Waals surface area contributed by atoms with Gasteiger partial charge in [0, 0.05) is 6.61 Å². The van der Waals surface area contributed by atoms with Crippen molar-refractivity contribution in [1.29, 1.82) is 0 Å². The van der Waals surface area contributed by atoms with Crippen molar-refractivity contribution in [2.24, 2.45) is 5.73 Å². The Kier molecular flexibility index (Phi) is 10.8. The summed E-state index contributed by atoms with van der Waals surface area (Å²) in [5.41, 5.74) is 5.05. The predicted octanol–water partition coefficient (Wildman–Crippen LogP) is 3.42. The minimum absolute atomic E-state index is 0.290. The van der Waals surface area contributed by atoms with Gasteiger partial charge < -0.3 is 15.2 Å². The zero-order valence-electron chi connectivity index (χ0n) is 13.7. The van der Waals surface area contributed by atoms with Gasteiger partial charge in [0.25, 0.3) is 0 Å². The fourth-order valence-corrected chi connectivity index (χ4v) is 2.06. The Morgan fingerprint density at radius 3 is 2.50 bits per heavy atom. The quantitative estimate of drug-likeness (QED) is 0.441. The molecule has 0 aliphatic carbocycles. The van der Waals surface area contributed by atoms with Crippen molar-refractivity contribution >= 4 is 5.97 Å². The van der Waals surface area contributed by atoms with Gasteiger partial charge in [0.05, 0.1) is 12.7 Å². The van der Waals surface area contributed by atoms with Gasteiger partial charge in [0.2, 0.25) is 0 Å². The third kappa shape index (κ3) is 9.32. The lowest BCUT2D eigenvalue weighted by Crippen LogP contribution is -2.46. The number of hydrogen-bond acceptors (Lipinski definition) is 4. The predicted molar refractivity (Wildman–Crippen MR) is 82.6 cm³/mol. The van der Waals surface area contributed by atoms with E-state index in [9.17, 15) is 4.79 Å². The van der Waals surface area contributed by atoms with Gasteiger partial charge in [-0.15, -0.1) is 0 Å². The van der Waals surface area contributed by atoms with Crippen molar-refractivity contribution in [2.45, 2.75) is 84.3 Å². The van der Waals surface area contributed by atoms with Crippen molar-refractivity contribution in [1.82, 2.24) is 0 Å². The fraction of sp³-hybridized carbons (Fsp3) is 0.938. The second-order valence-corrected chi connectivity index (χ2v) is 5.77. The van der Waals surface area contributed by atoms with Crippen LogP contribution in [0.3, 0.4) is 0 Å². The van der Waals surface area contributed by atoms with E-state index in [1.165, 1.54) is 25.7 Å². The first-order valence-electron chi connectivity index (χ1n) is 8.01. The topological polar surface area (TPSA) is 61.5 Å². The molecule has 0 aliphatic rings. The highest BCUT2D eigenvalue weighted by atomic mass is 16.5. The number of hydrogen-bond donors (Lipinski definition) is 1. The van der Waals surface area contributed by atoms with Gasteiger partial charge in [0.1, 0.15) is 5.54 Å². The van der Waals surface area contributed by atoms with E-state index in [4.69, 9.17) is 15.2 Å². The maximum atomic E-state index is 11.6. The fourth-order valence-electron chi connectivity index (χ4n) is 2.06. The second kappa shape index (κ2) is 11.1. The van der Waals surface area contributed by atoms with Gasteiger partial charge in [-0.1, -0.05) is 32.6 Å². The number of rotatable bonds is 12. The first-order chi connectivity index (χ1) is 9.44. The molecule has 0 saturated heterocycles. The molecule has 2 unspecified atom stereocenters. The van der Waals surface area contributed by atoms with Gasteiger partial charge in [-0.05, 0) is 40.0 Å². The summed E-state index contributed by atoms with van der Waals surface area (Å²) in [4.78, 5) is 11.6. The van der Waals surface area contributed by atoms with E-state index >= 15 is 0 Å². The van der Waals surface area contributed by atoms with E-state index in [0.717, 1.165) is 12.8 Å². The Morgan fingerprint density at radius 2 is 1.90 bits per heavy atom. The monoisotopic (exact) mass is 287 g/mol. The van der Waals surface area contributed by atoms with Crippen LogP contribution in [-0.2, 0) is 14.3 Å². The van der Waals surface area contributed by atoms with Crippen molar-refractivity contribution in [3.63, 3.8) is 0 Å². The molecule has 0 aromatic carbocycles. The smallest absolute Gasteiger partial charge is 0.325 e. The summed E-state index contributed by atoms with van der Waals surface area (Å²) < 4.78 is 10.7. The standard InChI is InChI=1S/C16H33NO3/c1-5-7-8-9-11-14(3)20-13-10-12-16(4,17)15(18)19-6-2/h14H,5-13,17H2,1-4H3. The third-order valence-electron chi connectivity index (χ3n) is 3.45. The number of carbonyl (C=O) groups is 1. The van der Waals surface area contributed by atoms with Crippen LogP contribution in [0.25, 0.3) is 0 Å². The Hall–Kier alpha value is -0.610. The molecule has 2 atom stereocenters. The molecule has 4 nitrogen and oxygen atoms in total. The SMILES string of the molecule is CCCCCCC(C)OCCCC(C)(N)C(=O)OCC. The summed E-state index contributed by atoms with van der Waals surface area (Å²) in [6.45, 7) is 8.86. The van der Waals surface area contributed by atoms with Crippen LogP contribution in [0, 0.1) is 0 Å². The average Bonchev–Trinajstić information content (AvgIpc) is 2.40. The molecular weight excluding hydrogens is 254 g/mol. The normalized spacial score (nSPS) is 15.7. The highest BCUT2D eigenvalue weighted by Gasteiger charge is 2.29. The molecule has 0 radical (unpaired) electrons. The lowest BCUT2D eigenvalue weighted by Gasteiger charge is -2.22. The lowest BCUT2D eigenvalue weighted by molar-refractivity contribution is -0.149. The van der Waals surface area contributed by atoms with Crippen molar-refractivity contribution in [3.8, 4) is 0 Å². The van der Waals surface area contributed by atoms with Crippen molar-refractivity contribution in [2.75, 3.05) is 13.2 Å². The molecule has 0 saturated carbocycles. The molecule has 0 bridgehead atoms. The zero-order valence-corrected chi connectivity index (χ0v) is 13.7. The summed E-state index contributed by atoms with van der Waals surface area (Å²) in [6, 6.07) is 0. The molecule has 0 heterocycles. The van der Waals surface area contributed by atoms with Crippen LogP contribution in [0.15, 0.2) is 0 Å². The van der Waals surface area contributed by atoms with E-state index in [0.29, 0.717) is 25.7 Å². The number of esters is 1. The average molecular weight is 287 g/mol. The van der Waals surface area contributed by atoms with E-state index in [1.54, 1.807) is 13.8 Å². The lowest BCUT2D eigenvalue weighted by atomic mass is 9.98. The molecule has 0 spiro atoms. The minimum Gasteiger partial charge on any atom is -0.465 e. The van der Waals surface area contributed by atoms with Crippen LogP contribution in [0.1, 0.15) is 72.6 Å². The molecule has 4 heteroatoms. The van der Waals surface area contributed by atoms with Crippen molar-refractivity contribution in [3.05, 3.63) is 0 Å². The van der Waals surface area contributed by atoms with E-state index < -0.39 is 5.54 Å². The van der Waals surface area contributed by atoms with Crippen molar-refractivity contribution < 1.29 is 14.3 Å². The van der Waals surface area contributed by atoms with Gasteiger partial charge in [-0.25, -0.2) is 0 Å². The molecule has 0 amide bonds. The van der Waals surface area contributed by atoms with E-state index in [2.05, 4.69) is 13.8 Å². The largest absolute Gasteiger partial charge is 0.465 e.